The number of ether oxygens (including phenoxy) is 1. The van der Waals surface area contributed by atoms with Gasteiger partial charge in [0, 0.05) is 37.0 Å². The second kappa shape index (κ2) is 9.38. The van der Waals surface area contributed by atoms with Crippen molar-refractivity contribution in [2.75, 3.05) is 13.1 Å². The van der Waals surface area contributed by atoms with Crippen LogP contribution in [0.5, 0.6) is 5.75 Å². The number of hydrogen-bond donors (Lipinski definition) is 1. The molecule has 9 heteroatoms. The molecule has 6 rings (SSSR count). The normalized spacial score (nSPS) is 19.6. The van der Waals surface area contributed by atoms with Gasteiger partial charge >= 0.3 is 0 Å². The first-order chi connectivity index (χ1) is 18.4. The molecule has 1 fully saturated rings. The smallest absolute Gasteiger partial charge is 0.274 e. The average Bonchev–Trinajstić information content (AvgIpc) is 3.14. The van der Waals surface area contributed by atoms with Crippen molar-refractivity contribution in [2.45, 2.75) is 50.8 Å². The number of aromatic nitrogens is 1. The third kappa shape index (κ3) is 3.97. The largest absolute Gasteiger partial charge is 0.483 e. The van der Waals surface area contributed by atoms with Crippen LogP contribution in [-0.4, -0.2) is 34.4 Å². The van der Waals surface area contributed by atoms with Crippen LogP contribution in [0, 0.1) is 11.6 Å². The molecule has 7 nitrogen and oxygen atoms in total. The maximum Gasteiger partial charge on any atom is 0.274 e. The van der Waals surface area contributed by atoms with E-state index in [0.29, 0.717) is 31.6 Å². The quantitative estimate of drug-likeness (QED) is 0.536. The summed E-state index contributed by atoms with van der Waals surface area (Å²) in [7, 11) is 0. The number of amides is 2. The van der Waals surface area contributed by atoms with Crippen LogP contribution in [0.3, 0.4) is 0 Å². The molecule has 1 spiro atoms. The average molecular weight is 520 g/mol. The van der Waals surface area contributed by atoms with Gasteiger partial charge in [0.1, 0.15) is 23.8 Å². The van der Waals surface area contributed by atoms with Crippen LogP contribution in [0.2, 0.25) is 0 Å². The Labute approximate surface area is 218 Å². The van der Waals surface area contributed by atoms with Crippen molar-refractivity contribution in [3.63, 3.8) is 0 Å². The Hall–Kier alpha value is -4.01. The zero-order chi connectivity index (χ0) is 26.4. The molecule has 0 aliphatic carbocycles. The Morgan fingerprint density at radius 2 is 1.87 bits per heavy atom. The number of nitrogens with one attached hydrogen (secondary N) is 1. The van der Waals surface area contributed by atoms with Crippen LogP contribution >= 0.6 is 0 Å². The minimum Gasteiger partial charge on any atom is -0.483 e. The molecule has 3 aromatic rings. The van der Waals surface area contributed by atoms with Crippen LogP contribution in [0.1, 0.15) is 63.4 Å². The van der Waals surface area contributed by atoms with Crippen molar-refractivity contribution in [1.82, 2.24) is 14.8 Å². The third-order valence-electron chi connectivity index (χ3n) is 7.93. The van der Waals surface area contributed by atoms with Gasteiger partial charge in [0.2, 0.25) is 5.43 Å². The zero-order valence-corrected chi connectivity index (χ0v) is 20.8. The monoisotopic (exact) mass is 519 g/mol. The van der Waals surface area contributed by atoms with E-state index in [1.807, 2.05) is 39.8 Å². The molecule has 2 aromatic carbocycles. The maximum absolute atomic E-state index is 14.2. The second-order valence-electron chi connectivity index (χ2n) is 10.3. The molecule has 0 saturated carbocycles. The number of benzene rings is 2. The van der Waals surface area contributed by atoms with Crippen molar-refractivity contribution in [3.8, 4) is 5.75 Å². The highest BCUT2D eigenvalue weighted by Crippen LogP contribution is 2.45. The van der Waals surface area contributed by atoms with Gasteiger partial charge in [0.25, 0.3) is 11.8 Å². The first-order valence-electron chi connectivity index (χ1n) is 12.9. The van der Waals surface area contributed by atoms with Crippen LogP contribution in [0.25, 0.3) is 0 Å². The van der Waals surface area contributed by atoms with Gasteiger partial charge in [0.15, 0.2) is 11.4 Å². The van der Waals surface area contributed by atoms with Gasteiger partial charge < -0.3 is 19.5 Å². The molecule has 1 atom stereocenters. The molecule has 4 heterocycles. The topological polar surface area (TPSA) is 80.6 Å². The molecule has 1 aromatic heterocycles. The molecule has 0 unspecified atom stereocenters. The minimum absolute atomic E-state index is 0.0601. The van der Waals surface area contributed by atoms with Crippen molar-refractivity contribution in [3.05, 3.63) is 98.5 Å². The van der Waals surface area contributed by atoms with Gasteiger partial charge in [-0.1, -0.05) is 36.4 Å². The fourth-order valence-electron chi connectivity index (χ4n) is 6.12. The Morgan fingerprint density at radius 3 is 2.66 bits per heavy atom. The molecule has 1 N–H and O–H groups in total. The van der Waals surface area contributed by atoms with Crippen LogP contribution < -0.4 is 15.5 Å². The number of rotatable bonds is 6. The molecule has 2 bridgehead atoms. The molecular weight excluding hydrogens is 492 g/mol. The summed E-state index contributed by atoms with van der Waals surface area (Å²) in [4.78, 5) is 42.8. The van der Waals surface area contributed by atoms with E-state index in [2.05, 4.69) is 5.32 Å². The van der Waals surface area contributed by atoms with Crippen molar-refractivity contribution in [2.24, 2.45) is 0 Å². The Kier molecular flexibility index (Phi) is 6.01. The number of carbonyl (C=O) groups is 2. The van der Waals surface area contributed by atoms with E-state index in [9.17, 15) is 23.2 Å². The summed E-state index contributed by atoms with van der Waals surface area (Å²) >= 11 is 0. The molecule has 2 amide bonds. The Balaban J connectivity index is 1.45. The van der Waals surface area contributed by atoms with E-state index in [1.165, 1.54) is 6.07 Å². The van der Waals surface area contributed by atoms with Crippen molar-refractivity contribution < 1.29 is 23.1 Å². The number of halogens is 2. The highest BCUT2D eigenvalue weighted by atomic mass is 19.1. The van der Waals surface area contributed by atoms with E-state index < -0.39 is 28.5 Å². The van der Waals surface area contributed by atoms with Gasteiger partial charge in [-0.25, -0.2) is 8.78 Å². The predicted molar refractivity (Wildman–Crippen MR) is 135 cm³/mol. The summed E-state index contributed by atoms with van der Waals surface area (Å²) in [6.07, 6.45) is 3.81. The van der Waals surface area contributed by atoms with Gasteiger partial charge in [-0.2, -0.15) is 0 Å². The molecule has 38 heavy (non-hydrogen) atoms. The summed E-state index contributed by atoms with van der Waals surface area (Å²) in [5.74, 6) is -2.56. The standard InChI is InChI=1S/C29H27F2N3O4/c30-20-9-8-19(21(31)14-20)15-32-27(36)23-22-10-12-29-11-4-5-13-33(17-29)28(37)24(34(22)29)26(25(23)35)38-16-18-6-2-1-3-7-18/h1-3,6-9,14H,4-5,10-13,15-17H2,(H,32,36)/t29-/m0/s1. The lowest BCUT2D eigenvalue weighted by Gasteiger charge is -2.42. The highest BCUT2D eigenvalue weighted by molar-refractivity contribution is 6.00. The summed E-state index contributed by atoms with van der Waals surface area (Å²) in [6, 6.07) is 12.4. The lowest BCUT2D eigenvalue weighted by atomic mass is 9.89. The van der Waals surface area contributed by atoms with E-state index in [4.69, 9.17) is 4.74 Å². The van der Waals surface area contributed by atoms with Crippen LogP contribution in [0.15, 0.2) is 53.3 Å². The molecule has 196 valence electrons. The van der Waals surface area contributed by atoms with Crippen molar-refractivity contribution in [1.29, 1.82) is 0 Å². The fraction of sp³-hybridized carbons (Fsp3) is 0.345. The summed E-state index contributed by atoms with van der Waals surface area (Å²) < 4.78 is 35.5. The lowest BCUT2D eigenvalue weighted by Crippen LogP contribution is -2.52. The van der Waals surface area contributed by atoms with Gasteiger partial charge in [-0.15, -0.1) is 0 Å². The fourth-order valence-corrected chi connectivity index (χ4v) is 6.12. The number of pyridine rings is 1. The van der Waals surface area contributed by atoms with E-state index in [0.717, 1.165) is 37.0 Å². The minimum atomic E-state index is -0.785. The van der Waals surface area contributed by atoms with Crippen molar-refractivity contribution >= 4 is 11.8 Å². The highest BCUT2D eigenvalue weighted by Gasteiger charge is 2.50. The van der Waals surface area contributed by atoms with Gasteiger partial charge in [0.05, 0.1) is 5.54 Å². The number of fused-ring (bicyclic) bond motifs is 1. The number of nitrogens with zero attached hydrogens (tertiary/aromatic N) is 2. The molecular formula is C29H27F2N3O4. The zero-order valence-electron chi connectivity index (χ0n) is 20.8. The first-order valence-corrected chi connectivity index (χ1v) is 12.9. The van der Waals surface area contributed by atoms with Gasteiger partial charge in [-0.05, 0) is 43.7 Å². The summed E-state index contributed by atoms with van der Waals surface area (Å²) in [6.45, 7) is 0.997. The lowest BCUT2D eigenvalue weighted by molar-refractivity contribution is 0.0580. The SMILES string of the molecule is O=C(NCc1ccc(F)cc1F)c1c2n3c(c(OCc4ccccc4)c1=O)C(=O)N1CCCC[C@]3(CC2)C1. The van der Waals surface area contributed by atoms with Gasteiger partial charge in [-0.3, -0.25) is 14.4 Å². The second-order valence-corrected chi connectivity index (χ2v) is 10.3. The van der Waals surface area contributed by atoms with Crippen LogP contribution in [-0.2, 0) is 25.1 Å². The van der Waals surface area contributed by atoms with E-state index in [1.54, 1.807) is 0 Å². The molecule has 1 saturated heterocycles. The predicted octanol–water partition coefficient (Wildman–Crippen LogP) is 3.92. The van der Waals surface area contributed by atoms with E-state index >= 15 is 0 Å². The Morgan fingerprint density at radius 1 is 1.05 bits per heavy atom. The maximum atomic E-state index is 14.2. The third-order valence-corrected chi connectivity index (χ3v) is 7.93. The number of hydrogen-bond acceptors (Lipinski definition) is 4. The molecule has 3 aliphatic heterocycles. The first kappa shape index (κ1) is 24.3. The molecule has 0 radical (unpaired) electrons. The number of carbonyl (C=O) groups excluding carboxylic acids is 2. The Bertz CT molecular complexity index is 1500. The summed E-state index contributed by atoms with van der Waals surface area (Å²) in [5, 5.41) is 2.63. The summed E-state index contributed by atoms with van der Waals surface area (Å²) in [5.41, 5.74) is 0.521. The molecule has 3 aliphatic rings. The van der Waals surface area contributed by atoms with Crippen LogP contribution in [0.4, 0.5) is 8.78 Å². The van der Waals surface area contributed by atoms with E-state index in [-0.39, 0.29) is 41.6 Å².